The fourth-order valence-corrected chi connectivity index (χ4v) is 3.93. The number of aryl methyl sites for hydroxylation is 2. The van der Waals surface area contributed by atoms with Crippen molar-refractivity contribution in [3.05, 3.63) is 58.8 Å². The average molecular weight is 369 g/mol. The lowest BCUT2D eigenvalue weighted by atomic mass is 10.2. The molecule has 0 amide bonds. The molecule has 0 atom stereocenters. The molecule has 0 aliphatic heterocycles. The van der Waals surface area contributed by atoms with Gasteiger partial charge >= 0.3 is 0 Å². The van der Waals surface area contributed by atoms with E-state index in [0.29, 0.717) is 11.6 Å². The predicted octanol–water partition coefficient (Wildman–Crippen LogP) is 4.29. The molecule has 6 nitrogen and oxygen atoms in total. The highest BCUT2D eigenvalue weighted by atomic mass is 32.2. The zero-order chi connectivity index (χ0) is 17.2. The summed E-state index contributed by atoms with van der Waals surface area (Å²) in [6, 6.07) is 12.1. The van der Waals surface area contributed by atoms with E-state index in [0.717, 1.165) is 32.7 Å². The van der Waals surface area contributed by atoms with E-state index in [1.165, 1.54) is 0 Å². The van der Waals surface area contributed by atoms with Crippen molar-refractivity contribution in [2.75, 3.05) is 0 Å². The van der Waals surface area contributed by atoms with Gasteiger partial charge in [-0.3, -0.25) is 0 Å². The average Bonchev–Trinajstić information content (AvgIpc) is 3.34. The topological polar surface area (TPSA) is 69.6 Å². The predicted molar refractivity (Wildman–Crippen MR) is 98.0 cm³/mol. The van der Waals surface area contributed by atoms with Crippen LogP contribution in [0.1, 0.15) is 17.0 Å². The second-order valence-electron chi connectivity index (χ2n) is 5.50. The van der Waals surface area contributed by atoms with Crippen molar-refractivity contribution in [1.82, 2.24) is 25.2 Å². The van der Waals surface area contributed by atoms with Crippen molar-refractivity contribution in [1.29, 1.82) is 0 Å². The van der Waals surface area contributed by atoms with Crippen molar-refractivity contribution >= 4 is 23.1 Å². The largest absolute Gasteiger partial charge is 0.440 e. The molecule has 0 N–H and O–H groups in total. The van der Waals surface area contributed by atoms with Crippen LogP contribution in [-0.2, 0) is 5.75 Å². The van der Waals surface area contributed by atoms with Crippen molar-refractivity contribution < 1.29 is 4.42 Å². The fraction of sp³-hybridized carbons (Fsp3) is 0.176. The molecule has 0 saturated carbocycles. The van der Waals surface area contributed by atoms with Gasteiger partial charge in [-0.25, -0.2) is 4.98 Å². The molecule has 3 heterocycles. The maximum atomic E-state index is 5.79. The van der Waals surface area contributed by atoms with E-state index >= 15 is 0 Å². The van der Waals surface area contributed by atoms with Gasteiger partial charge in [0.1, 0.15) is 5.76 Å². The molecule has 0 saturated heterocycles. The normalized spacial score (nSPS) is 11.1. The lowest BCUT2D eigenvalue weighted by Crippen LogP contribution is -1.99. The fourth-order valence-electron chi connectivity index (χ4n) is 2.39. The molecule has 25 heavy (non-hydrogen) atoms. The third-order valence-electron chi connectivity index (χ3n) is 3.65. The lowest BCUT2D eigenvalue weighted by molar-refractivity contribution is 0.542. The molecule has 0 unspecified atom stereocenters. The molecule has 0 aliphatic rings. The van der Waals surface area contributed by atoms with E-state index in [-0.39, 0.29) is 0 Å². The van der Waals surface area contributed by atoms with Gasteiger partial charge in [0.15, 0.2) is 0 Å². The third kappa shape index (κ3) is 3.35. The van der Waals surface area contributed by atoms with Gasteiger partial charge in [-0.15, -0.1) is 16.4 Å². The molecule has 0 bridgehead atoms. The van der Waals surface area contributed by atoms with Gasteiger partial charge in [0, 0.05) is 5.75 Å². The number of nitrogens with zero attached hydrogens (tertiary/aromatic N) is 5. The minimum Gasteiger partial charge on any atom is -0.440 e. The molecule has 8 heteroatoms. The molecule has 0 spiro atoms. The minimum atomic E-state index is 0.646. The number of thioether (sulfide) groups is 1. The highest BCUT2D eigenvalue weighted by molar-refractivity contribution is 7.98. The van der Waals surface area contributed by atoms with Crippen molar-refractivity contribution in [2.24, 2.45) is 0 Å². The molecule has 126 valence electrons. The van der Waals surface area contributed by atoms with Gasteiger partial charge in [0.25, 0.3) is 0 Å². The van der Waals surface area contributed by atoms with E-state index in [9.17, 15) is 0 Å². The summed E-state index contributed by atoms with van der Waals surface area (Å²) < 4.78 is 7.53. The number of hydrogen-bond donors (Lipinski definition) is 0. The van der Waals surface area contributed by atoms with Crippen LogP contribution in [0.2, 0.25) is 0 Å². The highest BCUT2D eigenvalue weighted by Crippen LogP contribution is 2.29. The highest BCUT2D eigenvalue weighted by Gasteiger charge is 2.15. The number of thiophene rings is 1. The molecule has 0 radical (unpaired) electrons. The standard InChI is InChI=1S/C17H15N5OS2/c1-11-5-3-6-13(9-11)22-17(19-20-21-22)25-10-14-12(2)23-16(18-14)15-7-4-8-24-15/h3-9H,10H2,1-2H3. The molecular weight excluding hydrogens is 354 g/mol. The van der Waals surface area contributed by atoms with Crippen LogP contribution >= 0.6 is 23.1 Å². The van der Waals surface area contributed by atoms with E-state index in [1.54, 1.807) is 27.8 Å². The van der Waals surface area contributed by atoms with Crippen LogP contribution in [0, 0.1) is 13.8 Å². The molecule has 3 aromatic heterocycles. The molecule has 4 aromatic rings. The summed E-state index contributed by atoms with van der Waals surface area (Å²) in [5.41, 5.74) is 3.02. The minimum absolute atomic E-state index is 0.646. The number of benzene rings is 1. The maximum Gasteiger partial charge on any atom is 0.236 e. The van der Waals surface area contributed by atoms with E-state index in [4.69, 9.17) is 4.42 Å². The second-order valence-corrected chi connectivity index (χ2v) is 7.39. The second kappa shape index (κ2) is 6.81. The molecule has 1 aromatic carbocycles. The Morgan fingerprint density at radius 1 is 1.20 bits per heavy atom. The Hall–Kier alpha value is -2.45. The third-order valence-corrected chi connectivity index (χ3v) is 5.44. The monoisotopic (exact) mass is 369 g/mol. The van der Waals surface area contributed by atoms with Gasteiger partial charge in [0.05, 0.1) is 16.3 Å². The zero-order valence-corrected chi connectivity index (χ0v) is 15.3. The van der Waals surface area contributed by atoms with Crippen molar-refractivity contribution in [3.8, 4) is 16.5 Å². The number of oxazole rings is 1. The SMILES string of the molecule is Cc1cccc(-n2nnnc2SCc2nc(-c3cccs3)oc2C)c1. The Morgan fingerprint density at radius 3 is 2.92 bits per heavy atom. The Bertz CT molecular complexity index is 990. The summed E-state index contributed by atoms with van der Waals surface area (Å²) >= 11 is 3.16. The molecule has 0 aliphatic carbocycles. The van der Waals surface area contributed by atoms with Gasteiger partial charge in [0.2, 0.25) is 11.0 Å². The summed E-state index contributed by atoms with van der Waals surface area (Å²) in [5, 5.41) is 14.8. The summed E-state index contributed by atoms with van der Waals surface area (Å²) in [5.74, 6) is 2.14. The number of rotatable bonds is 5. The lowest BCUT2D eigenvalue weighted by Gasteiger charge is -2.04. The Kier molecular flexibility index (Phi) is 4.37. The number of aromatic nitrogens is 5. The molecular formula is C17H15N5OS2. The number of tetrazole rings is 1. The van der Waals surface area contributed by atoms with Crippen molar-refractivity contribution in [3.63, 3.8) is 0 Å². The van der Waals surface area contributed by atoms with Crippen LogP contribution in [0.5, 0.6) is 0 Å². The van der Waals surface area contributed by atoms with Crippen molar-refractivity contribution in [2.45, 2.75) is 24.8 Å². The number of hydrogen-bond acceptors (Lipinski definition) is 7. The van der Waals surface area contributed by atoms with Crippen LogP contribution < -0.4 is 0 Å². The Labute approximate surface area is 152 Å². The summed E-state index contributed by atoms with van der Waals surface area (Å²) in [4.78, 5) is 5.64. The smallest absolute Gasteiger partial charge is 0.236 e. The molecule has 0 fully saturated rings. The summed E-state index contributed by atoms with van der Waals surface area (Å²) in [6.07, 6.45) is 0. The quantitative estimate of drug-likeness (QED) is 0.489. The first-order valence-corrected chi connectivity index (χ1v) is 9.55. The van der Waals surface area contributed by atoms with Crippen LogP contribution in [0.25, 0.3) is 16.5 Å². The van der Waals surface area contributed by atoms with Gasteiger partial charge in [-0.05, 0) is 53.4 Å². The van der Waals surface area contributed by atoms with E-state index in [1.807, 2.05) is 49.6 Å². The first-order chi connectivity index (χ1) is 12.2. The summed E-state index contributed by atoms with van der Waals surface area (Å²) in [6.45, 7) is 3.98. The van der Waals surface area contributed by atoms with E-state index in [2.05, 4.69) is 26.6 Å². The van der Waals surface area contributed by atoms with Crippen LogP contribution in [0.3, 0.4) is 0 Å². The zero-order valence-electron chi connectivity index (χ0n) is 13.7. The first kappa shape index (κ1) is 16.0. The Balaban J connectivity index is 1.54. The van der Waals surface area contributed by atoms with Crippen LogP contribution in [0.4, 0.5) is 0 Å². The summed E-state index contributed by atoms with van der Waals surface area (Å²) in [7, 11) is 0. The van der Waals surface area contributed by atoms with E-state index < -0.39 is 0 Å². The van der Waals surface area contributed by atoms with Crippen LogP contribution in [-0.4, -0.2) is 25.2 Å². The van der Waals surface area contributed by atoms with Gasteiger partial charge in [-0.1, -0.05) is 30.0 Å². The van der Waals surface area contributed by atoms with Crippen LogP contribution in [0.15, 0.2) is 51.4 Å². The maximum absolute atomic E-state index is 5.79. The van der Waals surface area contributed by atoms with Gasteiger partial charge < -0.3 is 4.42 Å². The Morgan fingerprint density at radius 2 is 2.12 bits per heavy atom. The molecule has 4 rings (SSSR count). The first-order valence-electron chi connectivity index (χ1n) is 7.69. The van der Waals surface area contributed by atoms with Gasteiger partial charge in [-0.2, -0.15) is 4.68 Å².